The molecule has 10 heavy (non-hydrogen) atoms. The van der Waals surface area contributed by atoms with Crippen LogP contribution in [0.1, 0.15) is 27.2 Å². The van der Waals surface area contributed by atoms with Crippen LogP contribution in [0.25, 0.3) is 0 Å². The maximum absolute atomic E-state index is 10.2. The van der Waals surface area contributed by atoms with Crippen molar-refractivity contribution in [2.45, 2.75) is 27.2 Å². The first-order valence-electron chi connectivity index (χ1n) is 3.68. The molecule has 0 aromatic carbocycles. The maximum atomic E-state index is 10.2. The van der Waals surface area contributed by atoms with Crippen LogP contribution in [0.15, 0.2) is 12.2 Å². The Morgan fingerprint density at radius 3 is 2.20 bits per heavy atom. The average molecular weight is 140 g/mol. The van der Waals surface area contributed by atoms with E-state index >= 15 is 0 Å². The van der Waals surface area contributed by atoms with Crippen molar-refractivity contribution in [2.24, 2.45) is 11.8 Å². The quantitative estimate of drug-likeness (QED) is 0.433. The maximum Gasteiger partial charge on any atom is 0.120 e. The van der Waals surface area contributed by atoms with Gasteiger partial charge < -0.3 is 4.79 Å². The summed E-state index contributed by atoms with van der Waals surface area (Å²) in [4.78, 5) is 10.2. The number of rotatable bonds is 4. The molecule has 0 bridgehead atoms. The number of carbonyl (C=O) groups excluding carboxylic acids is 1. The molecular formula is C9H16O. The molecule has 0 N–H and O–H groups in total. The van der Waals surface area contributed by atoms with Gasteiger partial charge in [-0.05, 0) is 18.8 Å². The highest BCUT2D eigenvalue weighted by molar-refractivity contribution is 5.50. The molecule has 0 aliphatic rings. The molecule has 58 valence electrons. The van der Waals surface area contributed by atoms with Crippen LogP contribution in [-0.4, -0.2) is 6.29 Å². The molecule has 0 spiro atoms. The lowest BCUT2D eigenvalue weighted by Crippen LogP contribution is -2.09. The second kappa shape index (κ2) is 4.26. The Labute approximate surface area is 63.1 Å². The van der Waals surface area contributed by atoms with Crippen LogP contribution in [0.4, 0.5) is 0 Å². The van der Waals surface area contributed by atoms with Gasteiger partial charge in [0.05, 0.1) is 0 Å². The Bertz CT molecular complexity index is 125. The SMILES string of the molecule is C=C(C)C(CC=O)C(C)C. The van der Waals surface area contributed by atoms with Crippen molar-refractivity contribution in [1.82, 2.24) is 0 Å². The standard InChI is InChI=1S/C9H16O/c1-7(2)9(5-6-10)8(3)4/h6,8-9H,1,5H2,2-4H3. The summed E-state index contributed by atoms with van der Waals surface area (Å²) in [7, 11) is 0. The molecule has 0 saturated carbocycles. The predicted octanol–water partition coefficient (Wildman–Crippen LogP) is 2.42. The largest absolute Gasteiger partial charge is 0.303 e. The van der Waals surface area contributed by atoms with Gasteiger partial charge in [0.1, 0.15) is 6.29 Å². The third kappa shape index (κ3) is 2.81. The van der Waals surface area contributed by atoms with Crippen molar-refractivity contribution >= 4 is 6.29 Å². The van der Waals surface area contributed by atoms with Gasteiger partial charge in [-0.3, -0.25) is 0 Å². The first kappa shape index (κ1) is 9.41. The summed E-state index contributed by atoms with van der Waals surface area (Å²) in [5, 5.41) is 0. The third-order valence-electron chi connectivity index (χ3n) is 1.79. The minimum absolute atomic E-state index is 0.373. The van der Waals surface area contributed by atoms with E-state index < -0.39 is 0 Å². The molecule has 0 saturated heterocycles. The molecular weight excluding hydrogens is 124 g/mol. The van der Waals surface area contributed by atoms with Crippen molar-refractivity contribution in [1.29, 1.82) is 0 Å². The third-order valence-corrected chi connectivity index (χ3v) is 1.79. The molecule has 0 fully saturated rings. The van der Waals surface area contributed by atoms with Gasteiger partial charge in [0, 0.05) is 6.42 Å². The lowest BCUT2D eigenvalue weighted by atomic mass is 9.88. The van der Waals surface area contributed by atoms with Crippen LogP contribution >= 0.6 is 0 Å². The summed E-state index contributed by atoms with van der Waals surface area (Å²) < 4.78 is 0. The Kier molecular flexibility index (Phi) is 4.01. The van der Waals surface area contributed by atoms with E-state index in [1.54, 1.807) is 0 Å². The Balaban J connectivity index is 3.97. The predicted molar refractivity (Wildman–Crippen MR) is 43.8 cm³/mol. The molecule has 0 rings (SSSR count). The summed E-state index contributed by atoms with van der Waals surface area (Å²) in [6.07, 6.45) is 1.59. The van der Waals surface area contributed by atoms with Gasteiger partial charge in [0.2, 0.25) is 0 Å². The van der Waals surface area contributed by atoms with Crippen molar-refractivity contribution in [3.8, 4) is 0 Å². The summed E-state index contributed by atoms with van der Waals surface area (Å²) >= 11 is 0. The topological polar surface area (TPSA) is 17.1 Å². The fourth-order valence-corrected chi connectivity index (χ4v) is 1.15. The van der Waals surface area contributed by atoms with Gasteiger partial charge in [-0.1, -0.05) is 26.0 Å². The van der Waals surface area contributed by atoms with Crippen LogP contribution in [-0.2, 0) is 4.79 Å². The van der Waals surface area contributed by atoms with E-state index in [4.69, 9.17) is 0 Å². The molecule has 0 amide bonds. The van der Waals surface area contributed by atoms with Crippen molar-refractivity contribution in [2.75, 3.05) is 0 Å². The second-order valence-electron chi connectivity index (χ2n) is 3.10. The first-order chi connectivity index (χ1) is 4.59. The van der Waals surface area contributed by atoms with Crippen LogP contribution in [0.3, 0.4) is 0 Å². The fraction of sp³-hybridized carbons (Fsp3) is 0.667. The van der Waals surface area contributed by atoms with Crippen molar-refractivity contribution in [3.63, 3.8) is 0 Å². The Hall–Kier alpha value is -0.590. The summed E-state index contributed by atoms with van der Waals surface area (Å²) in [5.41, 5.74) is 1.11. The van der Waals surface area contributed by atoms with E-state index in [1.807, 2.05) is 6.92 Å². The number of hydrogen-bond acceptors (Lipinski definition) is 1. The van der Waals surface area contributed by atoms with Crippen LogP contribution in [0.5, 0.6) is 0 Å². The summed E-state index contributed by atoms with van der Waals surface area (Å²) in [6.45, 7) is 10.0. The first-order valence-corrected chi connectivity index (χ1v) is 3.68. The smallest absolute Gasteiger partial charge is 0.120 e. The second-order valence-corrected chi connectivity index (χ2v) is 3.10. The number of hydrogen-bond donors (Lipinski definition) is 0. The lowest BCUT2D eigenvalue weighted by molar-refractivity contribution is -0.108. The highest BCUT2D eigenvalue weighted by Crippen LogP contribution is 2.20. The van der Waals surface area contributed by atoms with Crippen LogP contribution in [0, 0.1) is 11.8 Å². The minimum atomic E-state index is 0.373. The van der Waals surface area contributed by atoms with E-state index in [2.05, 4.69) is 20.4 Å². The molecule has 0 heterocycles. The van der Waals surface area contributed by atoms with Gasteiger partial charge in [-0.25, -0.2) is 0 Å². The zero-order valence-corrected chi connectivity index (χ0v) is 7.05. The van der Waals surface area contributed by atoms with E-state index in [0.29, 0.717) is 18.3 Å². The van der Waals surface area contributed by atoms with E-state index in [0.717, 1.165) is 11.9 Å². The van der Waals surface area contributed by atoms with E-state index in [1.165, 1.54) is 0 Å². The number of allylic oxidation sites excluding steroid dienone is 1. The van der Waals surface area contributed by atoms with Gasteiger partial charge in [0.15, 0.2) is 0 Å². The highest BCUT2D eigenvalue weighted by Gasteiger charge is 2.12. The lowest BCUT2D eigenvalue weighted by Gasteiger charge is -2.17. The Morgan fingerprint density at radius 1 is 1.60 bits per heavy atom. The molecule has 1 nitrogen and oxygen atoms in total. The molecule has 1 heteroatoms. The Morgan fingerprint density at radius 2 is 2.10 bits per heavy atom. The molecule has 0 aromatic heterocycles. The van der Waals surface area contributed by atoms with E-state index in [-0.39, 0.29) is 0 Å². The molecule has 1 atom stereocenters. The van der Waals surface area contributed by atoms with Crippen LogP contribution in [0.2, 0.25) is 0 Å². The van der Waals surface area contributed by atoms with Crippen LogP contribution < -0.4 is 0 Å². The number of aldehydes is 1. The monoisotopic (exact) mass is 140 g/mol. The zero-order valence-electron chi connectivity index (χ0n) is 7.05. The molecule has 0 radical (unpaired) electrons. The molecule has 0 aliphatic heterocycles. The molecule has 1 unspecified atom stereocenters. The van der Waals surface area contributed by atoms with E-state index in [9.17, 15) is 4.79 Å². The average Bonchev–Trinajstić information content (AvgIpc) is 1.81. The minimum Gasteiger partial charge on any atom is -0.303 e. The summed E-state index contributed by atoms with van der Waals surface area (Å²) in [6, 6.07) is 0. The number of carbonyl (C=O) groups is 1. The molecule has 0 aromatic rings. The van der Waals surface area contributed by atoms with Crippen molar-refractivity contribution in [3.05, 3.63) is 12.2 Å². The summed E-state index contributed by atoms with van der Waals surface area (Å²) in [5.74, 6) is 0.903. The highest BCUT2D eigenvalue weighted by atomic mass is 16.1. The zero-order chi connectivity index (χ0) is 8.15. The van der Waals surface area contributed by atoms with Gasteiger partial charge in [-0.15, -0.1) is 0 Å². The fourth-order valence-electron chi connectivity index (χ4n) is 1.15. The van der Waals surface area contributed by atoms with Gasteiger partial charge >= 0.3 is 0 Å². The molecule has 0 aliphatic carbocycles. The van der Waals surface area contributed by atoms with Gasteiger partial charge in [0.25, 0.3) is 0 Å². The van der Waals surface area contributed by atoms with Gasteiger partial charge in [-0.2, -0.15) is 0 Å². The normalized spacial score (nSPS) is 13.2. The van der Waals surface area contributed by atoms with Crippen molar-refractivity contribution < 1.29 is 4.79 Å².